The first-order chi connectivity index (χ1) is 7.70. The molecule has 2 rings (SSSR count). The molecule has 0 saturated carbocycles. The average molecular weight is 213 g/mol. The number of nitrogens with one attached hydrogen (secondary N) is 1. The monoisotopic (exact) mass is 213 g/mol. The Bertz CT molecular complexity index is 530. The van der Waals surface area contributed by atoms with Crippen molar-refractivity contribution >= 4 is 16.9 Å². The predicted molar refractivity (Wildman–Crippen MR) is 62.0 cm³/mol. The molecule has 1 N–H and O–H groups in total. The Morgan fingerprint density at radius 2 is 2.25 bits per heavy atom. The third kappa shape index (κ3) is 1.91. The number of para-hydroxylation sites is 1. The highest BCUT2D eigenvalue weighted by atomic mass is 16.3. The van der Waals surface area contributed by atoms with Crippen LogP contribution in [0.5, 0.6) is 0 Å². The van der Waals surface area contributed by atoms with E-state index in [9.17, 15) is 4.79 Å². The first-order valence-corrected chi connectivity index (χ1v) is 4.96. The molecule has 80 valence electrons. The fourth-order valence-electron chi connectivity index (χ4n) is 1.40. The van der Waals surface area contributed by atoms with Crippen LogP contribution in [0.4, 0.5) is 0 Å². The minimum absolute atomic E-state index is 0.281. The van der Waals surface area contributed by atoms with Crippen LogP contribution >= 0.6 is 0 Å². The van der Waals surface area contributed by atoms with Gasteiger partial charge in [0.2, 0.25) is 0 Å². The molecule has 1 heterocycles. The summed E-state index contributed by atoms with van der Waals surface area (Å²) in [7, 11) is 0. The summed E-state index contributed by atoms with van der Waals surface area (Å²) in [6, 6.07) is 8.85. The molecule has 0 spiro atoms. The molecule has 0 fully saturated rings. The standard InChI is InChI=1S/C13H11NO2/c1-3-9(2)14-13(15)12-8-10-6-4-5-7-11(10)16-12/h1,4-9H,2H3,(H,14,15). The SMILES string of the molecule is C#CC(C)NC(=O)c1cc2ccccc2o1. The van der Waals surface area contributed by atoms with E-state index in [0.29, 0.717) is 5.58 Å². The molecule has 16 heavy (non-hydrogen) atoms. The number of carbonyl (C=O) groups is 1. The van der Waals surface area contributed by atoms with Gasteiger partial charge in [-0.1, -0.05) is 24.1 Å². The van der Waals surface area contributed by atoms with Gasteiger partial charge < -0.3 is 9.73 Å². The van der Waals surface area contributed by atoms with Gasteiger partial charge in [-0.05, 0) is 19.1 Å². The number of terminal acetylenes is 1. The average Bonchev–Trinajstić information content (AvgIpc) is 2.72. The number of carbonyl (C=O) groups excluding carboxylic acids is 1. The molecular formula is C13H11NO2. The molecule has 2 aromatic rings. The van der Waals surface area contributed by atoms with Crippen molar-refractivity contribution in [3.63, 3.8) is 0 Å². The van der Waals surface area contributed by atoms with Crippen LogP contribution in [0.15, 0.2) is 34.7 Å². The summed E-state index contributed by atoms with van der Waals surface area (Å²) in [6.45, 7) is 1.74. The van der Waals surface area contributed by atoms with E-state index in [1.165, 1.54) is 0 Å². The molecule has 0 bridgehead atoms. The largest absolute Gasteiger partial charge is 0.451 e. The Hall–Kier alpha value is -2.21. The van der Waals surface area contributed by atoms with Crippen LogP contribution in [0.2, 0.25) is 0 Å². The number of fused-ring (bicyclic) bond motifs is 1. The quantitative estimate of drug-likeness (QED) is 0.777. The molecular weight excluding hydrogens is 202 g/mol. The molecule has 1 aromatic heterocycles. The van der Waals surface area contributed by atoms with Crippen molar-refractivity contribution in [1.82, 2.24) is 5.32 Å². The van der Waals surface area contributed by atoms with Crippen LogP contribution in [0.25, 0.3) is 11.0 Å². The van der Waals surface area contributed by atoms with Gasteiger partial charge in [0, 0.05) is 5.39 Å². The summed E-state index contributed by atoms with van der Waals surface area (Å²) in [4.78, 5) is 11.7. The van der Waals surface area contributed by atoms with Gasteiger partial charge in [0.1, 0.15) is 5.58 Å². The summed E-state index contributed by atoms with van der Waals surface area (Å²) in [5, 5.41) is 3.54. The van der Waals surface area contributed by atoms with E-state index in [2.05, 4.69) is 11.2 Å². The summed E-state index contributed by atoms with van der Waals surface area (Å²) < 4.78 is 5.39. The highest BCUT2D eigenvalue weighted by molar-refractivity contribution is 5.96. The lowest BCUT2D eigenvalue weighted by Gasteiger charge is -2.04. The smallest absolute Gasteiger partial charge is 0.287 e. The predicted octanol–water partition coefficient (Wildman–Crippen LogP) is 2.18. The second kappa shape index (κ2) is 4.11. The highest BCUT2D eigenvalue weighted by Crippen LogP contribution is 2.18. The van der Waals surface area contributed by atoms with Gasteiger partial charge in [-0.15, -0.1) is 6.42 Å². The summed E-state index contributed by atoms with van der Waals surface area (Å²) >= 11 is 0. The van der Waals surface area contributed by atoms with Crippen molar-refractivity contribution in [1.29, 1.82) is 0 Å². The van der Waals surface area contributed by atoms with Crippen molar-refractivity contribution < 1.29 is 9.21 Å². The second-order valence-electron chi connectivity index (χ2n) is 3.51. The Labute approximate surface area is 93.4 Å². The summed E-state index contributed by atoms with van der Waals surface area (Å²) in [5.74, 6) is 2.42. The zero-order chi connectivity index (χ0) is 11.5. The van der Waals surface area contributed by atoms with Gasteiger partial charge in [0.25, 0.3) is 5.91 Å². The zero-order valence-corrected chi connectivity index (χ0v) is 8.86. The topological polar surface area (TPSA) is 42.2 Å². The zero-order valence-electron chi connectivity index (χ0n) is 8.86. The van der Waals surface area contributed by atoms with Crippen molar-refractivity contribution in [3.8, 4) is 12.3 Å². The van der Waals surface area contributed by atoms with E-state index in [0.717, 1.165) is 5.39 Å². The lowest BCUT2D eigenvalue weighted by molar-refractivity contribution is 0.0922. The van der Waals surface area contributed by atoms with Gasteiger partial charge in [0.05, 0.1) is 6.04 Å². The Balaban J connectivity index is 2.27. The van der Waals surface area contributed by atoms with Crippen LogP contribution in [0.1, 0.15) is 17.5 Å². The highest BCUT2D eigenvalue weighted by Gasteiger charge is 2.12. The lowest BCUT2D eigenvalue weighted by atomic mass is 10.2. The van der Waals surface area contributed by atoms with Gasteiger partial charge in [0.15, 0.2) is 5.76 Å². The number of amides is 1. The molecule has 1 unspecified atom stereocenters. The normalized spacial score (nSPS) is 12.0. The van der Waals surface area contributed by atoms with Crippen molar-refractivity contribution in [3.05, 3.63) is 36.1 Å². The van der Waals surface area contributed by atoms with E-state index in [1.807, 2.05) is 24.3 Å². The van der Waals surface area contributed by atoms with E-state index in [-0.39, 0.29) is 17.7 Å². The summed E-state index contributed by atoms with van der Waals surface area (Å²) in [5.41, 5.74) is 0.695. The number of rotatable bonds is 2. The third-order valence-corrected chi connectivity index (χ3v) is 2.25. The fraction of sp³-hybridized carbons (Fsp3) is 0.154. The van der Waals surface area contributed by atoms with Crippen molar-refractivity contribution in [2.24, 2.45) is 0 Å². The lowest BCUT2D eigenvalue weighted by Crippen LogP contribution is -2.30. The van der Waals surface area contributed by atoms with Crippen LogP contribution in [-0.2, 0) is 0 Å². The summed E-state index contributed by atoms with van der Waals surface area (Å²) in [6.07, 6.45) is 5.18. The minimum atomic E-state index is -0.305. The molecule has 0 radical (unpaired) electrons. The Morgan fingerprint density at radius 3 is 2.94 bits per heavy atom. The van der Waals surface area contributed by atoms with Gasteiger partial charge in [-0.2, -0.15) is 0 Å². The Kier molecular flexibility index (Phi) is 2.65. The van der Waals surface area contributed by atoms with Gasteiger partial charge in [-0.25, -0.2) is 0 Å². The minimum Gasteiger partial charge on any atom is -0.451 e. The van der Waals surface area contributed by atoms with Crippen LogP contribution < -0.4 is 5.32 Å². The molecule has 3 heteroatoms. The van der Waals surface area contributed by atoms with Gasteiger partial charge >= 0.3 is 0 Å². The van der Waals surface area contributed by atoms with Crippen LogP contribution in [0, 0.1) is 12.3 Å². The fourth-order valence-corrected chi connectivity index (χ4v) is 1.40. The number of hydrogen-bond donors (Lipinski definition) is 1. The number of furan rings is 1. The number of benzene rings is 1. The van der Waals surface area contributed by atoms with E-state index in [1.54, 1.807) is 13.0 Å². The maximum Gasteiger partial charge on any atom is 0.287 e. The maximum absolute atomic E-state index is 11.7. The van der Waals surface area contributed by atoms with E-state index < -0.39 is 0 Å². The molecule has 0 aliphatic carbocycles. The molecule has 1 amide bonds. The van der Waals surface area contributed by atoms with Crippen LogP contribution in [0.3, 0.4) is 0 Å². The van der Waals surface area contributed by atoms with E-state index in [4.69, 9.17) is 10.8 Å². The van der Waals surface area contributed by atoms with Crippen LogP contribution in [-0.4, -0.2) is 11.9 Å². The second-order valence-corrected chi connectivity index (χ2v) is 3.51. The molecule has 1 aromatic carbocycles. The maximum atomic E-state index is 11.7. The Morgan fingerprint density at radius 1 is 1.50 bits per heavy atom. The molecule has 0 saturated heterocycles. The first-order valence-electron chi connectivity index (χ1n) is 4.96. The van der Waals surface area contributed by atoms with Crippen molar-refractivity contribution in [2.75, 3.05) is 0 Å². The molecule has 0 aliphatic heterocycles. The molecule has 1 atom stereocenters. The number of hydrogen-bond acceptors (Lipinski definition) is 2. The molecule has 3 nitrogen and oxygen atoms in total. The van der Waals surface area contributed by atoms with Crippen molar-refractivity contribution in [2.45, 2.75) is 13.0 Å². The molecule has 0 aliphatic rings. The third-order valence-electron chi connectivity index (χ3n) is 2.25. The van der Waals surface area contributed by atoms with E-state index >= 15 is 0 Å². The van der Waals surface area contributed by atoms with Gasteiger partial charge in [-0.3, -0.25) is 4.79 Å². The first kappa shape index (κ1) is 10.3.